The first-order valence-corrected chi connectivity index (χ1v) is 12.4. The van der Waals surface area contributed by atoms with Crippen LogP contribution in [0.5, 0.6) is 0 Å². The molecule has 0 aliphatic rings. The monoisotopic (exact) mass is 518 g/mol. The fourth-order valence-corrected chi connectivity index (χ4v) is 5.17. The Morgan fingerprint density at radius 1 is 0.730 bits per heavy atom. The Kier molecular flexibility index (Phi) is 8.56. The van der Waals surface area contributed by atoms with Crippen LogP contribution < -0.4 is 0 Å². The lowest BCUT2D eigenvalue weighted by Gasteiger charge is -2.21. The zero-order chi connectivity index (χ0) is 27.5. The van der Waals surface area contributed by atoms with Crippen LogP contribution in [0.4, 0.5) is 13.2 Å². The van der Waals surface area contributed by atoms with Gasteiger partial charge in [0.2, 0.25) is 0 Å². The third kappa shape index (κ3) is 5.17. The number of hydrogen-bond acceptors (Lipinski definition) is 4. The number of aromatic amines is 2. The Morgan fingerprint density at radius 2 is 1.11 bits per heavy atom. The van der Waals surface area contributed by atoms with Crippen LogP contribution in [0, 0.1) is 0 Å². The average molecular weight is 519 g/mol. The zero-order valence-corrected chi connectivity index (χ0v) is 22.0. The topological polar surface area (TPSA) is 84.2 Å². The van der Waals surface area contributed by atoms with E-state index >= 15 is 0 Å². The van der Waals surface area contributed by atoms with Gasteiger partial charge in [0.1, 0.15) is 11.4 Å². The fraction of sp³-hybridized carbons (Fsp3) is 0.429. The molecule has 6 nitrogen and oxygen atoms in total. The molecule has 3 aromatic rings. The molecule has 0 atom stereocenters. The van der Waals surface area contributed by atoms with Crippen LogP contribution in [0.15, 0.2) is 24.3 Å². The van der Waals surface area contributed by atoms with Gasteiger partial charge in [0, 0.05) is 11.4 Å². The Hall–Kier alpha value is -3.49. The molecule has 0 radical (unpaired) electrons. The summed E-state index contributed by atoms with van der Waals surface area (Å²) in [6, 6.07) is 4.99. The van der Waals surface area contributed by atoms with Crippen LogP contribution in [0.25, 0.3) is 0 Å². The molecule has 0 unspecified atom stereocenters. The van der Waals surface area contributed by atoms with E-state index in [1.807, 2.05) is 27.7 Å². The molecule has 0 aliphatic heterocycles. The van der Waals surface area contributed by atoms with Crippen molar-refractivity contribution in [3.05, 3.63) is 80.4 Å². The number of carbonyl (C=O) groups is 2. The predicted molar refractivity (Wildman–Crippen MR) is 134 cm³/mol. The van der Waals surface area contributed by atoms with Gasteiger partial charge >= 0.3 is 18.1 Å². The first-order valence-electron chi connectivity index (χ1n) is 12.4. The molecule has 0 bridgehead atoms. The molecule has 2 heterocycles. The third-order valence-corrected chi connectivity index (χ3v) is 6.84. The molecular weight excluding hydrogens is 485 g/mol. The fourth-order valence-electron chi connectivity index (χ4n) is 5.17. The van der Waals surface area contributed by atoms with Crippen molar-refractivity contribution < 1.29 is 32.2 Å². The van der Waals surface area contributed by atoms with E-state index in [1.165, 1.54) is 26.4 Å². The minimum atomic E-state index is -4.48. The van der Waals surface area contributed by atoms with Crippen LogP contribution >= 0.6 is 0 Å². The number of halogens is 3. The van der Waals surface area contributed by atoms with Gasteiger partial charge in [-0.2, -0.15) is 13.2 Å². The van der Waals surface area contributed by atoms with Crippen molar-refractivity contribution in [3.63, 3.8) is 0 Å². The first kappa shape index (κ1) is 28.1. The summed E-state index contributed by atoms with van der Waals surface area (Å²) in [5, 5.41) is 0. The number of hydrogen-bond donors (Lipinski definition) is 2. The lowest BCUT2D eigenvalue weighted by atomic mass is 9.85. The molecule has 1 aromatic carbocycles. The second kappa shape index (κ2) is 11.3. The quantitative estimate of drug-likeness (QED) is 0.323. The molecule has 3 rings (SSSR count). The Bertz CT molecular complexity index is 1200. The van der Waals surface area contributed by atoms with E-state index in [0.717, 1.165) is 34.4 Å². The highest BCUT2D eigenvalue weighted by molar-refractivity contribution is 5.91. The van der Waals surface area contributed by atoms with Gasteiger partial charge in [-0.15, -0.1) is 0 Å². The Labute approximate surface area is 214 Å². The highest BCUT2D eigenvalue weighted by Crippen LogP contribution is 2.40. The minimum absolute atomic E-state index is 0.322. The summed E-state index contributed by atoms with van der Waals surface area (Å²) in [4.78, 5) is 31.8. The molecule has 9 heteroatoms. The third-order valence-electron chi connectivity index (χ3n) is 6.84. The second-order valence-electron chi connectivity index (χ2n) is 8.69. The number of H-pyrrole nitrogens is 2. The predicted octanol–water partition coefficient (Wildman–Crippen LogP) is 6.36. The standard InChI is InChI=1S/C28H33F3N2O4/c1-7-17-19(9-3)24(26(34)36-5)32-22(17)21(15-11-13-16(14-12-15)28(29,30)31)23-18(8-2)20(10-4)25(33-23)27(35)37-6/h11-14,21,32-33H,7-10H2,1-6H3. The van der Waals surface area contributed by atoms with Gasteiger partial charge in [0.15, 0.2) is 0 Å². The van der Waals surface area contributed by atoms with Gasteiger partial charge < -0.3 is 19.4 Å². The molecule has 0 saturated heterocycles. The minimum Gasteiger partial charge on any atom is -0.464 e. The van der Waals surface area contributed by atoms with E-state index in [-0.39, 0.29) is 0 Å². The smallest absolute Gasteiger partial charge is 0.416 e. The number of methoxy groups -OCH3 is 2. The second-order valence-corrected chi connectivity index (χ2v) is 8.69. The molecule has 37 heavy (non-hydrogen) atoms. The molecule has 0 saturated carbocycles. The molecule has 2 N–H and O–H groups in total. The summed E-state index contributed by atoms with van der Waals surface area (Å²) in [5.74, 6) is -1.63. The van der Waals surface area contributed by atoms with Gasteiger partial charge in [-0.3, -0.25) is 0 Å². The maximum absolute atomic E-state index is 13.3. The normalized spacial score (nSPS) is 11.7. The van der Waals surface area contributed by atoms with Crippen molar-refractivity contribution >= 4 is 11.9 Å². The largest absolute Gasteiger partial charge is 0.464 e. The van der Waals surface area contributed by atoms with Crippen molar-refractivity contribution in [1.29, 1.82) is 0 Å². The Balaban J connectivity index is 2.40. The molecule has 0 aliphatic carbocycles. The number of ether oxygens (including phenoxy) is 2. The van der Waals surface area contributed by atoms with E-state index < -0.39 is 29.6 Å². The van der Waals surface area contributed by atoms with E-state index in [0.29, 0.717) is 54.0 Å². The number of nitrogens with one attached hydrogen (secondary N) is 2. The molecule has 0 amide bonds. The Morgan fingerprint density at radius 3 is 1.41 bits per heavy atom. The van der Waals surface area contributed by atoms with Gasteiger partial charge in [0.05, 0.1) is 25.7 Å². The van der Waals surface area contributed by atoms with Crippen molar-refractivity contribution in [1.82, 2.24) is 9.97 Å². The van der Waals surface area contributed by atoms with E-state index in [4.69, 9.17) is 9.47 Å². The molecule has 0 fully saturated rings. The maximum Gasteiger partial charge on any atom is 0.416 e. The van der Waals surface area contributed by atoms with Crippen LogP contribution in [-0.2, 0) is 41.3 Å². The highest BCUT2D eigenvalue weighted by Gasteiger charge is 2.34. The van der Waals surface area contributed by atoms with Gasteiger partial charge in [-0.1, -0.05) is 39.8 Å². The van der Waals surface area contributed by atoms with Crippen molar-refractivity contribution in [2.75, 3.05) is 14.2 Å². The number of alkyl halides is 3. The average Bonchev–Trinajstić information content (AvgIpc) is 3.45. The van der Waals surface area contributed by atoms with Gasteiger partial charge in [-0.25, -0.2) is 9.59 Å². The van der Waals surface area contributed by atoms with E-state index in [9.17, 15) is 22.8 Å². The molecular formula is C28H33F3N2O4. The van der Waals surface area contributed by atoms with E-state index in [1.54, 1.807) is 0 Å². The zero-order valence-electron chi connectivity index (χ0n) is 22.0. The molecule has 2 aromatic heterocycles. The van der Waals surface area contributed by atoms with Crippen LogP contribution in [0.3, 0.4) is 0 Å². The number of carbonyl (C=O) groups excluding carboxylic acids is 2. The summed E-state index contributed by atoms with van der Waals surface area (Å²) in [6.45, 7) is 7.79. The van der Waals surface area contributed by atoms with Crippen LogP contribution in [-0.4, -0.2) is 36.1 Å². The SMILES string of the molecule is CCc1c(C(=O)OC)[nH]c(C(c2ccc(C(F)(F)F)cc2)c2[nH]c(C(=O)OC)c(CC)c2CC)c1CC. The summed E-state index contributed by atoms with van der Waals surface area (Å²) in [6.07, 6.45) is -2.20. The molecule has 200 valence electrons. The number of aromatic nitrogens is 2. The van der Waals surface area contributed by atoms with Crippen LogP contribution in [0.1, 0.15) is 99.4 Å². The highest BCUT2D eigenvalue weighted by atomic mass is 19.4. The first-order chi connectivity index (χ1) is 17.6. The van der Waals surface area contributed by atoms with E-state index in [2.05, 4.69) is 9.97 Å². The van der Waals surface area contributed by atoms with Crippen molar-refractivity contribution in [2.45, 2.75) is 65.5 Å². The molecule has 0 spiro atoms. The lowest BCUT2D eigenvalue weighted by Crippen LogP contribution is -2.11. The lowest BCUT2D eigenvalue weighted by molar-refractivity contribution is -0.137. The summed E-state index contributed by atoms with van der Waals surface area (Å²) < 4.78 is 50.1. The number of esters is 2. The number of rotatable bonds is 9. The van der Waals surface area contributed by atoms with Crippen molar-refractivity contribution in [2.24, 2.45) is 0 Å². The van der Waals surface area contributed by atoms with Crippen molar-refractivity contribution in [3.8, 4) is 0 Å². The summed E-state index contributed by atoms with van der Waals surface area (Å²) >= 11 is 0. The van der Waals surface area contributed by atoms with Crippen LogP contribution in [0.2, 0.25) is 0 Å². The summed E-state index contributed by atoms with van der Waals surface area (Å²) in [7, 11) is 2.61. The maximum atomic E-state index is 13.3. The summed E-state index contributed by atoms with van der Waals surface area (Å²) in [5.41, 5.74) is 5.20. The van der Waals surface area contributed by atoms with Gasteiger partial charge in [-0.05, 0) is 65.6 Å². The number of benzene rings is 1. The van der Waals surface area contributed by atoms with Gasteiger partial charge in [0.25, 0.3) is 0 Å².